The van der Waals surface area contributed by atoms with Crippen LogP contribution < -0.4 is 0 Å². The van der Waals surface area contributed by atoms with Crippen LogP contribution in [0.15, 0.2) is 17.1 Å². The molecule has 1 aliphatic heterocycles. The Morgan fingerprint density at radius 1 is 1.73 bits per heavy atom. The second kappa shape index (κ2) is 4.93. The van der Waals surface area contributed by atoms with Gasteiger partial charge in [0.05, 0.1) is 12.5 Å². The largest absolute Gasteiger partial charge is 0.423 e. The molecule has 5 heteroatoms. The van der Waals surface area contributed by atoms with E-state index in [2.05, 4.69) is 5.10 Å². The number of amides is 1. The van der Waals surface area contributed by atoms with Gasteiger partial charge in [0, 0.05) is 6.92 Å². The summed E-state index contributed by atoms with van der Waals surface area (Å²) in [5.41, 5.74) is 0. The average Bonchev–Trinajstić information content (AvgIpc) is 2.60. The lowest BCUT2D eigenvalue weighted by molar-refractivity contribution is -0.127. The van der Waals surface area contributed by atoms with Crippen molar-refractivity contribution in [2.75, 3.05) is 0 Å². The van der Waals surface area contributed by atoms with Gasteiger partial charge in [-0.3, -0.25) is 4.79 Å². The van der Waals surface area contributed by atoms with E-state index in [9.17, 15) is 9.90 Å². The highest BCUT2D eigenvalue weighted by atomic mass is 16.5. The van der Waals surface area contributed by atoms with Gasteiger partial charge in [0.2, 0.25) is 17.7 Å². The Hall–Kier alpha value is -1.36. The molecule has 84 valence electrons. The first-order valence-corrected chi connectivity index (χ1v) is 4.98. The van der Waals surface area contributed by atoms with Gasteiger partial charge in [0.1, 0.15) is 0 Å². The van der Waals surface area contributed by atoms with Crippen LogP contribution in [0.4, 0.5) is 0 Å². The molecular weight excluding hydrogens is 196 g/mol. The van der Waals surface area contributed by atoms with Crippen LogP contribution in [0.5, 0.6) is 0 Å². The maximum atomic E-state index is 11.2. The van der Waals surface area contributed by atoms with Crippen molar-refractivity contribution in [2.45, 2.75) is 39.7 Å². The lowest BCUT2D eigenvalue weighted by Crippen LogP contribution is -2.18. The molecule has 1 heterocycles. The molecule has 1 amide bonds. The molecular formula is C10H16N2O3. The van der Waals surface area contributed by atoms with E-state index in [1.165, 1.54) is 11.9 Å². The third-order valence-electron chi connectivity index (χ3n) is 2.07. The zero-order chi connectivity index (χ0) is 11.4. The first-order valence-electron chi connectivity index (χ1n) is 4.98. The molecule has 0 aromatic carbocycles. The maximum absolute atomic E-state index is 11.2. The van der Waals surface area contributed by atoms with Crippen LogP contribution in [-0.2, 0) is 9.53 Å². The highest BCUT2D eigenvalue weighted by molar-refractivity contribution is 5.84. The Kier molecular flexibility index (Phi) is 3.85. The fourth-order valence-electron chi connectivity index (χ4n) is 1.18. The summed E-state index contributed by atoms with van der Waals surface area (Å²) in [4.78, 5) is 11.2. The van der Waals surface area contributed by atoms with Crippen molar-refractivity contribution >= 4 is 11.8 Å². The quantitative estimate of drug-likeness (QED) is 0.764. The predicted molar refractivity (Wildman–Crippen MR) is 55.7 cm³/mol. The summed E-state index contributed by atoms with van der Waals surface area (Å²) >= 11 is 0. The van der Waals surface area contributed by atoms with Crippen molar-refractivity contribution in [2.24, 2.45) is 5.10 Å². The summed E-state index contributed by atoms with van der Waals surface area (Å²) in [7, 11) is 0. The van der Waals surface area contributed by atoms with Gasteiger partial charge in [0.25, 0.3) is 0 Å². The minimum Gasteiger partial charge on any atom is -0.423 e. The Labute approximate surface area is 89.0 Å². The summed E-state index contributed by atoms with van der Waals surface area (Å²) in [5, 5.41) is 14.6. The standard InChI is InChI=1S/C10H16N2O3/c1-4-8(14)6-9-11-12(7(3)13)10(5-2)15-9/h5,8,14H,4,6H2,1-3H3/b10-5+. The van der Waals surface area contributed by atoms with Crippen molar-refractivity contribution in [3.63, 3.8) is 0 Å². The normalized spacial score (nSPS) is 20.1. The van der Waals surface area contributed by atoms with Crippen molar-refractivity contribution in [1.82, 2.24) is 5.01 Å². The summed E-state index contributed by atoms with van der Waals surface area (Å²) in [6.45, 7) is 5.05. The number of allylic oxidation sites excluding steroid dienone is 1. The number of hydrogen-bond acceptors (Lipinski definition) is 4. The molecule has 0 aromatic rings. The average molecular weight is 212 g/mol. The van der Waals surface area contributed by atoms with E-state index in [4.69, 9.17) is 4.74 Å². The molecule has 0 aliphatic carbocycles. The summed E-state index contributed by atoms with van der Waals surface area (Å²) < 4.78 is 5.31. The van der Waals surface area contributed by atoms with Crippen LogP contribution in [0.25, 0.3) is 0 Å². The van der Waals surface area contributed by atoms with Crippen LogP contribution in [0.2, 0.25) is 0 Å². The SMILES string of the molecule is C/C=C1/OC(CC(O)CC)=NN1C(C)=O. The molecule has 1 unspecified atom stereocenters. The second-order valence-corrected chi connectivity index (χ2v) is 3.32. The lowest BCUT2D eigenvalue weighted by atomic mass is 10.2. The molecule has 0 saturated heterocycles. The van der Waals surface area contributed by atoms with Gasteiger partial charge in [0.15, 0.2) is 0 Å². The smallest absolute Gasteiger partial charge is 0.247 e. The van der Waals surface area contributed by atoms with E-state index in [1.807, 2.05) is 6.92 Å². The number of nitrogens with zero attached hydrogens (tertiary/aromatic N) is 2. The molecule has 0 fully saturated rings. The Balaban J connectivity index is 2.70. The molecule has 0 saturated carbocycles. The lowest BCUT2D eigenvalue weighted by Gasteiger charge is -2.08. The van der Waals surface area contributed by atoms with Crippen LogP contribution in [0.3, 0.4) is 0 Å². The number of ether oxygens (including phenoxy) is 1. The molecule has 1 aliphatic rings. The van der Waals surface area contributed by atoms with E-state index in [0.717, 1.165) is 0 Å². The van der Waals surface area contributed by atoms with Crippen LogP contribution >= 0.6 is 0 Å². The molecule has 1 atom stereocenters. The fraction of sp³-hybridized carbons (Fsp3) is 0.600. The van der Waals surface area contributed by atoms with Gasteiger partial charge in [-0.25, -0.2) is 0 Å². The molecule has 5 nitrogen and oxygen atoms in total. The van der Waals surface area contributed by atoms with Gasteiger partial charge in [-0.1, -0.05) is 6.92 Å². The number of aliphatic hydroxyl groups is 1. The number of aliphatic hydroxyl groups excluding tert-OH is 1. The van der Waals surface area contributed by atoms with Gasteiger partial charge in [-0.15, -0.1) is 5.10 Å². The second-order valence-electron chi connectivity index (χ2n) is 3.32. The van der Waals surface area contributed by atoms with Gasteiger partial charge >= 0.3 is 0 Å². The van der Waals surface area contributed by atoms with E-state index in [1.54, 1.807) is 13.0 Å². The summed E-state index contributed by atoms with van der Waals surface area (Å²) in [6.07, 6.45) is 2.15. The molecule has 1 rings (SSSR count). The number of carbonyl (C=O) groups excluding carboxylic acids is 1. The zero-order valence-corrected chi connectivity index (χ0v) is 9.23. The van der Waals surface area contributed by atoms with E-state index in [-0.39, 0.29) is 5.91 Å². The van der Waals surface area contributed by atoms with Crippen molar-refractivity contribution in [3.8, 4) is 0 Å². The van der Waals surface area contributed by atoms with E-state index in [0.29, 0.717) is 24.6 Å². The predicted octanol–water partition coefficient (Wildman–Crippen LogP) is 1.20. The van der Waals surface area contributed by atoms with Gasteiger partial charge in [-0.05, 0) is 19.4 Å². The van der Waals surface area contributed by atoms with Gasteiger partial charge < -0.3 is 9.84 Å². The third-order valence-corrected chi connectivity index (χ3v) is 2.07. The highest BCUT2D eigenvalue weighted by Crippen LogP contribution is 2.18. The first-order chi connectivity index (χ1) is 7.08. The topological polar surface area (TPSA) is 62.1 Å². The minimum atomic E-state index is -0.478. The number of carbonyl (C=O) groups is 1. The van der Waals surface area contributed by atoms with Crippen LogP contribution in [0.1, 0.15) is 33.6 Å². The zero-order valence-electron chi connectivity index (χ0n) is 9.23. The number of hydrazone groups is 1. The molecule has 0 aromatic heterocycles. The van der Waals surface area contributed by atoms with E-state index < -0.39 is 6.10 Å². The number of rotatable bonds is 3. The van der Waals surface area contributed by atoms with E-state index >= 15 is 0 Å². The fourth-order valence-corrected chi connectivity index (χ4v) is 1.18. The maximum Gasteiger partial charge on any atom is 0.247 e. The molecule has 0 bridgehead atoms. The van der Waals surface area contributed by atoms with Crippen molar-refractivity contribution in [1.29, 1.82) is 0 Å². The highest BCUT2D eigenvalue weighted by Gasteiger charge is 2.25. The van der Waals surface area contributed by atoms with Gasteiger partial charge in [-0.2, -0.15) is 5.01 Å². The van der Waals surface area contributed by atoms with Crippen molar-refractivity contribution < 1.29 is 14.6 Å². The molecule has 1 N–H and O–H groups in total. The monoisotopic (exact) mass is 212 g/mol. The Morgan fingerprint density at radius 2 is 2.40 bits per heavy atom. The summed E-state index contributed by atoms with van der Waals surface area (Å²) in [5.74, 6) is 0.581. The third kappa shape index (κ3) is 2.79. The minimum absolute atomic E-state index is 0.205. The van der Waals surface area contributed by atoms with Crippen LogP contribution in [-0.4, -0.2) is 28.0 Å². The summed E-state index contributed by atoms with van der Waals surface area (Å²) in [6, 6.07) is 0. The number of hydrogen-bond donors (Lipinski definition) is 1. The van der Waals surface area contributed by atoms with Crippen molar-refractivity contribution in [3.05, 3.63) is 12.0 Å². The molecule has 0 spiro atoms. The Morgan fingerprint density at radius 3 is 2.80 bits per heavy atom. The molecule has 0 radical (unpaired) electrons. The first kappa shape index (κ1) is 11.7. The van der Waals surface area contributed by atoms with Crippen LogP contribution in [0, 0.1) is 0 Å². The Bertz CT molecular complexity index is 310. The molecule has 15 heavy (non-hydrogen) atoms.